The molecular formula is C19H14N4O5S. The van der Waals surface area contributed by atoms with E-state index < -0.39 is 17.8 Å². The van der Waals surface area contributed by atoms with Crippen LogP contribution in [0.2, 0.25) is 0 Å². The summed E-state index contributed by atoms with van der Waals surface area (Å²) in [7, 11) is 1.22. The van der Waals surface area contributed by atoms with Gasteiger partial charge in [-0.15, -0.1) is 5.10 Å². The first kappa shape index (κ1) is 20.0. The Morgan fingerprint density at radius 2 is 1.97 bits per heavy atom. The van der Waals surface area contributed by atoms with E-state index in [4.69, 9.17) is 5.11 Å². The number of carbonyl (C=O) groups excluding carboxylic acids is 2. The van der Waals surface area contributed by atoms with Crippen molar-refractivity contribution in [1.82, 2.24) is 10.3 Å². The Morgan fingerprint density at radius 1 is 1.21 bits per heavy atom. The van der Waals surface area contributed by atoms with Crippen molar-refractivity contribution in [3.05, 3.63) is 64.8 Å². The molecule has 10 heteroatoms. The Balaban J connectivity index is 1.68. The van der Waals surface area contributed by atoms with E-state index in [0.29, 0.717) is 5.56 Å². The number of methoxy groups -OCH3 is 1. The molecule has 0 atom stereocenters. The third-order valence-corrected chi connectivity index (χ3v) is 4.59. The number of rotatable bonds is 5. The van der Waals surface area contributed by atoms with Gasteiger partial charge in [-0.3, -0.25) is 15.1 Å². The fourth-order valence-corrected chi connectivity index (χ4v) is 3.00. The van der Waals surface area contributed by atoms with Crippen LogP contribution >= 0.6 is 11.8 Å². The summed E-state index contributed by atoms with van der Waals surface area (Å²) < 4.78 is 4.48. The summed E-state index contributed by atoms with van der Waals surface area (Å²) in [6.45, 7) is 0. The average molecular weight is 410 g/mol. The fraction of sp³-hybridized carbons (Fsp3) is 0.0526. The molecule has 1 aliphatic heterocycles. The molecule has 1 fully saturated rings. The van der Waals surface area contributed by atoms with Gasteiger partial charge in [0, 0.05) is 24.0 Å². The third kappa shape index (κ3) is 5.14. The molecule has 0 radical (unpaired) electrons. The van der Waals surface area contributed by atoms with Gasteiger partial charge in [0.2, 0.25) is 0 Å². The van der Waals surface area contributed by atoms with Gasteiger partial charge in [-0.25, -0.2) is 9.59 Å². The Bertz CT molecular complexity index is 1060. The summed E-state index contributed by atoms with van der Waals surface area (Å²) in [5, 5.41) is 19.6. The molecular weight excluding hydrogens is 396 g/mol. The van der Waals surface area contributed by atoms with Crippen molar-refractivity contribution in [3.8, 4) is 11.1 Å². The molecule has 0 bridgehead atoms. The molecule has 2 heterocycles. The van der Waals surface area contributed by atoms with Gasteiger partial charge < -0.3 is 9.84 Å². The maximum atomic E-state index is 11.7. The fourth-order valence-electron chi connectivity index (χ4n) is 2.27. The van der Waals surface area contributed by atoms with Crippen LogP contribution in [-0.2, 0) is 14.3 Å². The number of nitrogens with zero attached hydrogens (tertiary/aromatic N) is 3. The minimum absolute atomic E-state index is 0.112. The van der Waals surface area contributed by atoms with Crippen LogP contribution in [0.5, 0.6) is 0 Å². The molecule has 9 nitrogen and oxygen atoms in total. The summed E-state index contributed by atoms with van der Waals surface area (Å²) in [6.07, 6.45) is 5.45. The van der Waals surface area contributed by atoms with E-state index in [9.17, 15) is 14.4 Å². The van der Waals surface area contributed by atoms with Crippen molar-refractivity contribution in [1.29, 1.82) is 0 Å². The lowest BCUT2D eigenvalue weighted by Gasteiger charge is -2.03. The number of carbonyl (C=O) groups is 3. The second kappa shape index (κ2) is 8.93. The van der Waals surface area contributed by atoms with E-state index in [1.165, 1.54) is 19.5 Å². The number of aromatic carboxylic acids is 1. The second-order valence-corrected chi connectivity index (χ2v) is 6.66. The van der Waals surface area contributed by atoms with Crippen LogP contribution in [0.1, 0.15) is 15.9 Å². The lowest BCUT2D eigenvalue weighted by atomic mass is 10.0. The molecule has 3 rings (SSSR count). The van der Waals surface area contributed by atoms with E-state index >= 15 is 0 Å². The molecule has 2 N–H and O–H groups in total. The van der Waals surface area contributed by atoms with Crippen LogP contribution in [0.3, 0.4) is 0 Å². The van der Waals surface area contributed by atoms with Gasteiger partial charge in [0.1, 0.15) is 0 Å². The zero-order valence-corrected chi connectivity index (χ0v) is 15.8. The van der Waals surface area contributed by atoms with E-state index in [1.54, 1.807) is 36.5 Å². The second-order valence-electron chi connectivity index (χ2n) is 5.63. The van der Waals surface area contributed by atoms with E-state index in [2.05, 4.69) is 25.2 Å². The first-order chi connectivity index (χ1) is 14.0. The number of pyridine rings is 1. The van der Waals surface area contributed by atoms with Crippen molar-refractivity contribution in [3.63, 3.8) is 0 Å². The van der Waals surface area contributed by atoms with Crippen LogP contribution in [0, 0.1) is 0 Å². The summed E-state index contributed by atoms with van der Waals surface area (Å²) in [5.41, 5.74) is 2.35. The number of esters is 1. The predicted octanol–water partition coefficient (Wildman–Crippen LogP) is 2.06. The molecule has 0 spiro atoms. The number of hydrogen-bond donors (Lipinski definition) is 2. The van der Waals surface area contributed by atoms with Crippen LogP contribution in [-0.4, -0.2) is 46.4 Å². The monoisotopic (exact) mass is 410 g/mol. The van der Waals surface area contributed by atoms with Gasteiger partial charge in [-0.05, 0) is 29.0 Å². The number of benzene rings is 1. The average Bonchev–Trinajstić information content (AvgIpc) is 3.07. The smallest absolute Gasteiger partial charge is 0.337 e. The highest BCUT2D eigenvalue weighted by atomic mass is 32.2. The summed E-state index contributed by atoms with van der Waals surface area (Å²) >= 11 is 0.982. The highest BCUT2D eigenvalue weighted by Crippen LogP contribution is 2.23. The molecule has 0 aliphatic carbocycles. The Labute approximate surface area is 169 Å². The first-order valence-electron chi connectivity index (χ1n) is 8.15. The molecule has 1 aliphatic rings. The van der Waals surface area contributed by atoms with E-state index in [0.717, 1.165) is 29.0 Å². The maximum Gasteiger partial charge on any atom is 0.337 e. The molecule has 1 aromatic heterocycles. The van der Waals surface area contributed by atoms with E-state index in [1.807, 2.05) is 0 Å². The molecule has 29 heavy (non-hydrogen) atoms. The highest BCUT2D eigenvalue weighted by Gasteiger charge is 2.24. The van der Waals surface area contributed by atoms with Crippen LogP contribution in [0.15, 0.2) is 63.9 Å². The van der Waals surface area contributed by atoms with Crippen molar-refractivity contribution < 1.29 is 24.2 Å². The minimum atomic E-state index is -1.04. The van der Waals surface area contributed by atoms with Gasteiger partial charge in [-0.2, -0.15) is 5.10 Å². The number of amidine groups is 1. The van der Waals surface area contributed by atoms with Crippen LogP contribution < -0.4 is 5.32 Å². The number of amides is 1. The van der Waals surface area contributed by atoms with E-state index in [-0.39, 0.29) is 15.6 Å². The van der Waals surface area contributed by atoms with Gasteiger partial charge in [-0.1, -0.05) is 24.3 Å². The summed E-state index contributed by atoms with van der Waals surface area (Å²) in [6, 6.07) is 8.73. The quantitative estimate of drug-likeness (QED) is 0.334. The number of thioether (sulfide) groups is 1. The zero-order chi connectivity index (χ0) is 20.8. The van der Waals surface area contributed by atoms with Gasteiger partial charge in [0.05, 0.1) is 23.8 Å². The molecule has 1 amide bonds. The van der Waals surface area contributed by atoms with Crippen LogP contribution in [0.4, 0.5) is 0 Å². The topological polar surface area (TPSA) is 130 Å². The summed E-state index contributed by atoms with van der Waals surface area (Å²) in [5.74, 6) is -2.11. The maximum absolute atomic E-state index is 11.7. The van der Waals surface area contributed by atoms with Gasteiger partial charge in [0.15, 0.2) is 5.17 Å². The first-order valence-corrected chi connectivity index (χ1v) is 8.96. The van der Waals surface area contributed by atoms with Gasteiger partial charge in [0.25, 0.3) is 5.91 Å². The molecule has 146 valence electrons. The minimum Gasteiger partial charge on any atom is -0.478 e. The molecule has 1 aromatic carbocycles. The molecule has 0 saturated carbocycles. The van der Waals surface area contributed by atoms with Crippen LogP contribution in [0.25, 0.3) is 11.1 Å². The molecule has 1 saturated heterocycles. The Hall–Kier alpha value is -3.79. The zero-order valence-electron chi connectivity index (χ0n) is 15.0. The third-order valence-electron chi connectivity index (χ3n) is 3.69. The number of carboxylic acid groups (broad SMARTS) is 1. The van der Waals surface area contributed by atoms with Crippen molar-refractivity contribution in [2.24, 2.45) is 10.2 Å². The largest absolute Gasteiger partial charge is 0.478 e. The lowest BCUT2D eigenvalue weighted by molar-refractivity contribution is -0.135. The molecule has 2 aromatic rings. The van der Waals surface area contributed by atoms with Crippen molar-refractivity contribution in [2.75, 3.05) is 7.11 Å². The Kier molecular flexibility index (Phi) is 6.15. The normalized spacial score (nSPS) is 16.4. The van der Waals surface area contributed by atoms with Crippen molar-refractivity contribution >= 4 is 41.0 Å². The summed E-state index contributed by atoms with van der Waals surface area (Å²) in [4.78, 5) is 38.1. The number of aromatic nitrogens is 1. The Morgan fingerprint density at radius 3 is 2.66 bits per heavy atom. The predicted molar refractivity (Wildman–Crippen MR) is 107 cm³/mol. The van der Waals surface area contributed by atoms with Crippen molar-refractivity contribution in [2.45, 2.75) is 0 Å². The number of carboxylic acids is 1. The number of nitrogens with one attached hydrogen (secondary N) is 1. The standard InChI is InChI=1S/C19H14N4O5S/c1-28-16(24)7-15-17(25)22-19(29-15)23-21-8-11-2-4-12(5-3-11)13-6-14(18(26)27)10-20-9-13/h2-10H,1H3,(H,26,27)(H,22,23,25)/b15-7+,21-8?. The lowest BCUT2D eigenvalue weighted by Crippen LogP contribution is -2.19. The van der Waals surface area contributed by atoms with Gasteiger partial charge >= 0.3 is 11.9 Å². The highest BCUT2D eigenvalue weighted by molar-refractivity contribution is 8.18. The molecule has 0 unspecified atom stereocenters. The number of ether oxygens (including phenoxy) is 1. The SMILES string of the molecule is COC(=O)/C=C1/S/C(=N\N=Cc2ccc(-c3cncc(C(=O)O)c3)cc2)NC1=O. The number of hydrogen-bond acceptors (Lipinski definition) is 8.